The molecule has 0 saturated heterocycles. The number of thiocarbonyl (C=S) groups is 1. The van der Waals surface area contributed by atoms with Crippen molar-refractivity contribution in [2.75, 3.05) is 13.2 Å². The zero-order valence-electron chi connectivity index (χ0n) is 12.6. The fraction of sp³-hybridized carbons (Fsp3) is 0.176. The number of hydrogen-bond acceptors (Lipinski definition) is 4. The van der Waals surface area contributed by atoms with E-state index in [-0.39, 0.29) is 17.1 Å². The molecule has 2 N–H and O–H groups in total. The van der Waals surface area contributed by atoms with Crippen molar-refractivity contribution in [1.29, 1.82) is 0 Å². The first-order valence-electron chi connectivity index (χ1n) is 7.35. The zero-order valence-corrected chi connectivity index (χ0v) is 14.2. The van der Waals surface area contributed by atoms with Crippen LogP contribution in [0, 0.1) is 0 Å². The van der Waals surface area contributed by atoms with Crippen molar-refractivity contribution in [2.24, 2.45) is 0 Å². The minimum atomic E-state index is -0.296. The molecule has 1 heterocycles. The minimum absolute atomic E-state index is 0.190. The Morgan fingerprint density at radius 3 is 2.62 bits per heavy atom. The molecular formula is C17H15ClN2O3S. The van der Waals surface area contributed by atoms with Gasteiger partial charge in [0.05, 0.1) is 6.54 Å². The second-order valence-electron chi connectivity index (χ2n) is 5.17. The number of fused-ring (bicyclic) bond motifs is 1. The van der Waals surface area contributed by atoms with E-state index in [1.807, 2.05) is 24.3 Å². The monoisotopic (exact) mass is 362 g/mol. The standard InChI is InChI=1S/C17H15ClN2O3S/c18-12-7-5-11(6-8-12)16(21)20-17(24)19-9-13-10-22-14-3-1-2-4-15(14)23-13/h1-8,13H,9-10H2,(H2,19,20,21,24)/t13-/m1/s1. The molecule has 2 aromatic rings. The van der Waals surface area contributed by atoms with Crippen molar-refractivity contribution in [3.63, 3.8) is 0 Å². The van der Waals surface area contributed by atoms with Gasteiger partial charge >= 0.3 is 0 Å². The van der Waals surface area contributed by atoms with E-state index in [0.29, 0.717) is 29.5 Å². The summed E-state index contributed by atoms with van der Waals surface area (Å²) in [5, 5.41) is 6.38. The third-order valence-electron chi connectivity index (χ3n) is 3.39. The topological polar surface area (TPSA) is 59.6 Å². The van der Waals surface area contributed by atoms with E-state index in [0.717, 1.165) is 5.75 Å². The summed E-state index contributed by atoms with van der Waals surface area (Å²) in [7, 11) is 0. The summed E-state index contributed by atoms with van der Waals surface area (Å²) in [6, 6.07) is 14.1. The molecule has 2 aromatic carbocycles. The smallest absolute Gasteiger partial charge is 0.257 e. The first-order valence-corrected chi connectivity index (χ1v) is 8.13. The second-order valence-corrected chi connectivity index (χ2v) is 6.01. The van der Waals surface area contributed by atoms with Gasteiger partial charge in [0.25, 0.3) is 5.91 Å². The van der Waals surface area contributed by atoms with Crippen molar-refractivity contribution in [2.45, 2.75) is 6.10 Å². The van der Waals surface area contributed by atoms with Crippen molar-refractivity contribution in [3.05, 3.63) is 59.1 Å². The van der Waals surface area contributed by atoms with E-state index in [1.165, 1.54) is 0 Å². The van der Waals surface area contributed by atoms with Crippen LogP contribution in [0.5, 0.6) is 11.5 Å². The first kappa shape index (κ1) is 16.5. The van der Waals surface area contributed by atoms with Crippen LogP contribution in [-0.4, -0.2) is 30.3 Å². The molecule has 1 atom stereocenters. The fourth-order valence-corrected chi connectivity index (χ4v) is 2.49. The minimum Gasteiger partial charge on any atom is -0.486 e. The van der Waals surface area contributed by atoms with E-state index in [4.69, 9.17) is 33.3 Å². The van der Waals surface area contributed by atoms with Gasteiger partial charge in [-0.3, -0.25) is 10.1 Å². The Balaban J connectivity index is 1.48. The van der Waals surface area contributed by atoms with Crippen LogP contribution in [0.15, 0.2) is 48.5 Å². The highest BCUT2D eigenvalue weighted by Gasteiger charge is 2.20. The number of benzene rings is 2. The normalized spacial score (nSPS) is 15.5. The van der Waals surface area contributed by atoms with Gasteiger partial charge in [-0.2, -0.15) is 0 Å². The summed E-state index contributed by atoms with van der Waals surface area (Å²) in [5.74, 6) is 1.13. The molecule has 0 aromatic heterocycles. The van der Waals surface area contributed by atoms with Crippen molar-refractivity contribution >= 4 is 34.8 Å². The summed E-state index contributed by atoms with van der Waals surface area (Å²) >= 11 is 10.9. The van der Waals surface area contributed by atoms with Gasteiger partial charge in [-0.25, -0.2) is 0 Å². The molecule has 0 unspecified atom stereocenters. The van der Waals surface area contributed by atoms with E-state index < -0.39 is 0 Å². The number of amides is 1. The number of ether oxygens (including phenoxy) is 2. The average molecular weight is 363 g/mol. The number of rotatable bonds is 3. The molecule has 1 aliphatic rings. The van der Waals surface area contributed by atoms with Crippen LogP contribution in [0.25, 0.3) is 0 Å². The lowest BCUT2D eigenvalue weighted by atomic mass is 10.2. The van der Waals surface area contributed by atoms with Crippen LogP contribution in [0.3, 0.4) is 0 Å². The van der Waals surface area contributed by atoms with Gasteiger partial charge in [0, 0.05) is 10.6 Å². The largest absolute Gasteiger partial charge is 0.486 e. The third kappa shape index (κ3) is 4.15. The lowest BCUT2D eigenvalue weighted by molar-refractivity contribution is 0.0928. The summed E-state index contributed by atoms with van der Waals surface area (Å²) < 4.78 is 11.4. The maximum absolute atomic E-state index is 12.0. The predicted molar refractivity (Wildman–Crippen MR) is 95.9 cm³/mol. The van der Waals surface area contributed by atoms with Gasteiger partial charge in [-0.15, -0.1) is 0 Å². The molecule has 5 nitrogen and oxygen atoms in total. The molecule has 1 amide bonds. The van der Waals surface area contributed by atoms with Crippen LogP contribution in [0.2, 0.25) is 5.02 Å². The van der Waals surface area contributed by atoms with Crippen LogP contribution in [0.1, 0.15) is 10.4 Å². The average Bonchev–Trinajstić information content (AvgIpc) is 2.60. The molecule has 1 aliphatic heterocycles. The first-order chi connectivity index (χ1) is 11.6. The van der Waals surface area contributed by atoms with Crippen LogP contribution in [0.4, 0.5) is 0 Å². The van der Waals surface area contributed by atoms with Gasteiger partial charge in [-0.1, -0.05) is 23.7 Å². The lowest BCUT2D eigenvalue weighted by Gasteiger charge is -2.26. The van der Waals surface area contributed by atoms with Crippen molar-refractivity contribution < 1.29 is 14.3 Å². The van der Waals surface area contributed by atoms with Gasteiger partial charge in [0.2, 0.25) is 0 Å². The molecule has 0 bridgehead atoms. The second kappa shape index (κ2) is 7.51. The van der Waals surface area contributed by atoms with Crippen LogP contribution >= 0.6 is 23.8 Å². The van der Waals surface area contributed by atoms with Gasteiger partial charge < -0.3 is 14.8 Å². The molecule has 124 valence electrons. The molecule has 7 heteroatoms. The maximum Gasteiger partial charge on any atom is 0.257 e. The molecule has 0 spiro atoms. The van der Waals surface area contributed by atoms with Crippen molar-refractivity contribution in [1.82, 2.24) is 10.6 Å². The summed E-state index contributed by atoms with van der Waals surface area (Å²) in [6.07, 6.45) is -0.190. The highest BCUT2D eigenvalue weighted by atomic mass is 35.5. The summed E-state index contributed by atoms with van der Waals surface area (Å²) in [4.78, 5) is 12.0. The molecular weight excluding hydrogens is 348 g/mol. The lowest BCUT2D eigenvalue weighted by Crippen LogP contribution is -2.45. The van der Waals surface area contributed by atoms with E-state index in [1.54, 1.807) is 24.3 Å². The summed E-state index contributed by atoms with van der Waals surface area (Å²) in [5.41, 5.74) is 0.481. The Hall–Kier alpha value is -2.31. The number of halogens is 1. The van der Waals surface area contributed by atoms with E-state index >= 15 is 0 Å². The SMILES string of the molecule is O=C(NC(=S)NC[C@@H]1COc2ccccc2O1)c1ccc(Cl)cc1. The number of carbonyl (C=O) groups is 1. The molecule has 0 saturated carbocycles. The zero-order chi connectivity index (χ0) is 16.9. The quantitative estimate of drug-likeness (QED) is 0.822. The Morgan fingerprint density at radius 1 is 1.17 bits per heavy atom. The fourth-order valence-electron chi connectivity index (χ4n) is 2.19. The van der Waals surface area contributed by atoms with Crippen molar-refractivity contribution in [3.8, 4) is 11.5 Å². The third-order valence-corrected chi connectivity index (χ3v) is 3.89. The Labute approximate surface area is 149 Å². The predicted octanol–water partition coefficient (Wildman–Crippen LogP) is 2.78. The maximum atomic E-state index is 12.0. The number of hydrogen-bond donors (Lipinski definition) is 2. The molecule has 0 aliphatic carbocycles. The Bertz CT molecular complexity index is 752. The number of para-hydroxylation sites is 2. The Morgan fingerprint density at radius 2 is 1.88 bits per heavy atom. The highest BCUT2D eigenvalue weighted by molar-refractivity contribution is 7.80. The Kier molecular flexibility index (Phi) is 5.17. The van der Waals surface area contributed by atoms with Gasteiger partial charge in [-0.05, 0) is 48.6 Å². The van der Waals surface area contributed by atoms with Crippen LogP contribution in [-0.2, 0) is 0 Å². The van der Waals surface area contributed by atoms with Crippen LogP contribution < -0.4 is 20.1 Å². The van der Waals surface area contributed by atoms with E-state index in [2.05, 4.69) is 10.6 Å². The summed E-state index contributed by atoms with van der Waals surface area (Å²) in [6.45, 7) is 0.839. The van der Waals surface area contributed by atoms with Gasteiger partial charge in [0.15, 0.2) is 16.6 Å². The van der Waals surface area contributed by atoms with Gasteiger partial charge in [0.1, 0.15) is 12.7 Å². The number of carbonyl (C=O) groups excluding carboxylic acids is 1. The van der Waals surface area contributed by atoms with E-state index in [9.17, 15) is 4.79 Å². The molecule has 3 rings (SSSR count). The molecule has 24 heavy (non-hydrogen) atoms. The number of nitrogens with one attached hydrogen (secondary N) is 2. The highest BCUT2D eigenvalue weighted by Crippen LogP contribution is 2.30. The molecule has 0 fully saturated rings. The molecule has 0 radical (unpaired) electrons.